The van der Waals surface area contributed by atoms with Crippen molar-refractivity contribution in [2.24, 2.45) is 0 Å². The largest absolute Gasteiger partial charge is 0.465 e. The van der Waals surface area contributed by atoms with Crippen LogP contribution < -0.4 is 5.32 Å². The maximum absolute atomic E-state index is 12.6. The molecule has 1 aliphatic rings. The number of esters is 1. The van der Waals surface area contributed by atoms with Crippen LogP contribution in [0, 0.1) is 6.92 Å². The van der Waals surface area contributed by atoms with Gasteiger partial charge in [0.25, 0.3) is 0 Å². The van der Waals surface area contributed by atoms with Gasteiger partial charge in [-0.15, -0.1) is 0 Å². The first-order valence-corrected chi connectivity index (χ1v) is 10.9. The number of nitrogens with one attached hydrogen (secondary N) is 1. The lowest BCUT2D eigenvalue weighted by Crippen LogP contribution is -2.46. The zero-order valence-electron chi connectivity index (χ0n) is 19.3. The number of aromatic nitrogens is 1. The van der Waals surface area contributed by atoms with Crippen molar-refractivity contribution in [2.75, 3.05) is 39.8 Å². The van der Waals surface area contributed by atoms with E-state index in [4.69, 9.17) is 9.72 Å². The number of rotatable bonds is 5. The van der Waals surface area contributed by atoms with Crippen LogP contribution in [0.3, 0.4) is 0 Å². The van der Waals surface area contributed by atoms with Gasteiger partial charge in [0.05, 0.1) is 30.4 Å². The standard InChI is InChI=1S/C24H34N4O3/c1-17-18-9-6-7-10-19(18)25-20(22(17)23(30)31-5)15-27-11-8-12-28(14-13-27)16-21(29)26-24(2,3)4/h6-7,9-10H,8,11-16H2,1-5H3,(H,26,29). The second-order valence-corrected chi connectivity index (χ2v) is 9.27. The Balaban J connectivity index is 1.74. The number of hydrogen-bond donors (Lipinski definition) is 1. The molecule has 1 fully saturated rings. The van der Waals surface area contributed by atoms with Crippen molar-refractivity contribution in [3.8, 4) is 0 Å². The highest BCUT2D eigenvalue weighted by Gasteiger charge is 2.24. The summed E-state index contributed by atoms with van der Waals surface area (Å²) >= 11 is 0. The zero-order valence-corrected chi connectivity index (χ0v) is 19.3. The Hall–Kier alpha value is -2.51. The first kappa shape index (κ1) is 23.2. The first-order chi connectivity index (χ1) is 14.7. The maximum Gasteiger partial charge on any atom is 0.340 e. The van der Waals surface area contributed by atoms with E-state index < -0.39 is 0 Å². The second-order valence-electron chi connectivity index (χ2n) is 9.27. The Morgan fingerprint density at radius 1 is 1.10 bits per heavy atom. The van der Waals surface area contributed by atoms with Gasteiger partial charge in [0.1, 0.15) is 0 Å². The minimum atomic E-state index is -0.346. The van der Waals surface area contributed by atoms with Crippen molar-refractivity contribution in [3.05, 3.63) is 41.1 Å². The summed E-state index contributed by atoms with van der Waals surface area (Å²) in [7, 11) is 1.41. The maximum atomic E-state index is 12.6. The van der Waals surface area contributed by atoms with Crippen LogP contribution in [0.5, 0.6) is 0 Å². The molecule has 31 heavy (non-hydrogen) atoms. The van der Waals surface area contributed by atoms with Gasteiger partial charge < -0.3 is 10.1 Å². The third kappa shape index (κ3) is 6.02. The van der Waals surface area contributed by atoms with E-state index in [1.165, 1.54) is 7.11 Å². The summed E-state index contributed by atoms with van der Waals surface area (Å²) in [6, 6.07) is 7.88. The molecule has 1 aromatic carbocycles. The fraction of sp³-hybridized carbons (Fsp3) is 0.542. The van der Waals surface area contributed by atoms with Crippen molar-refractivity contribution in [1.82, 2.24) is 20.1 Å². The molecule has 7 heteroatoms. The third-order valence-electron chi connectivity index (χ3n) is 5.55. The molecule has 0 atom stereocenters. The summed E-state index contributed by atoms with van der Waals surface area (Å²) in [4.78, 5) is 34.2. The van der Waals surface area contributed by atoms with E-state index in [1.54, 1.807) is 0 Å². The lowest BCUT2D eigenvalue weighted by molar-refractivity contribution is -0.123. The first-order valence-electron chi connectivity index (χ1n) is 10.9. The second kappa shape index (κ2) is 9.75. The van der Waals surface area contributed by atoms with Crippen LogP contribution in [0.2, 0.25) is 0 Å². The SMILES string of the molecule is COC(=O)c1c(CN2CCCN(CC(=O)NC(C)(C)C)CC2)nc2ccccc2c1C. The van der Waals surface area contributed by atoms with Crippen LogP contribution in [0.25, 0.3) is 10.9 Å². The summed E-state index contributed by atoms with van der Waals surface area (Å²) in [5, 5.41) is 4.00. The molecule has 1 amide bonds. The molecule has 1 aliphatic heterocycles. The van der Waals surface area contributed by atoms with Crippen LogP contribution >= 0.6 is 0 Å². The number of carbonyl (C=O) groups excluding carboxylic acids is 2. The number of amides is 1. The third-order valence-corrected chi connectivity index (χ3v) is 5.55. The van der Waals surface area contributed by atoms with Crippen LogP contribution in [0.1, 0.15) is 48.8 Å². The molecule has 0 bridgehead atoms. The lowest BCUT2D eigenvalue weighted by atomic mass is 10.0. The van der Waals surface area contributed by atoms with E-state index >= 15 is 0 Å². The highest BCUT2D eigenvalue weighted by molar-refractivity contribution is 5.98. The molecule has 7 nitrogen and oxygen atoms in total. The molecule has 0 spiro atoms. The monoisotopic (exact) mass is 426 g/mol. The highest BCUT2D eigenvalue weighted by Crippen LogP contribution is 2.25. The van der Waals surface area contributed by atoms with E-state index in [2.05, 4.69) is 15.1 Å². The van der Waals surface area contributed by atoms with Gasteiger partial charge >= 0.3 is 5.97 Å². The van der Waals surface area contributed by atoms with Gasteiger partial charge in [-0.3, -0.25) is 19.6 Å². The molecule has 0 saturated carbocycles. The molecule has 3 rings (SSSR count). The van der Waals surface area contributed by atoms with Crippen molar-refractivity contribution in [3.63, 3.8) is 0 Å². The molecule has 0 radical (unpaired) electrons. The molecular weight excluding hydrogens is 392 g/mol. The van der Waals surface area contributed by atoms with Crippen molar-refractivity contribution < 1.29 is 14.3 Å². The molecule has 2 heterocycles. The minimum Gasteiger partial charge on any atom is -0.465 e. The summed E-state index contributed by atoms with van der Waals surface area (Å²) in [5.41, 5.74) is 2.88. The number of pyridine rings is 1. The molecule has 1 N–H and O–H groups in total. The predicted octanol–water partition coefficient (Wildman–Crippen LogP) is 2.75. The molecule has 2 aromatic rings. The van der Waals surface area contributed by atoms with E-state index in [0.29, 0.717) is 18.7 Å². The van der Waals surface area contributed by atoms with E-state index in [9.17, 15) is 9.59 Å². The molecule has 1 aromatic heterocycles. The van der Waals surface area contributed by atoms with Crippen molar-refractivity contribution in [1.29, 1.82) is 0 Å². The molecule has 1 saturated heterocycles. The summed E-state index contributed by atoms with van der Waals surface area (Å²) < 4.78 is 5.07. The van der Waals surface area contributed by atoms with Gasteiger partial charge in [-0.2, -0.15) is 0 Å². The zero-order chi connectivity index (χ0) is 22.6. The number of nitrogens with zero attached hydrogens (tertiary/aromatic N) is 3. The Bertz CT molecular complexity index is 952. The highest BCUT2D eigenvalue weighted by atomic mass is 16.5. The van der Waals surface area contributed by atoms with E-state index in [-0.39, 0.29) is 17.4 Å². The van der Waals surface area contributed by atoms with Crippen molar-refractivity contribution >= 4 is 22.8 Å². The topological polar surface area (TPSA) is 74.8 Å². The van der Waals surface area contributed by atoms with Crippen molar-refractivity contribution in [2.45, 2.75) is 46.2 Å². The Labute approximate surface area is 184 Å². The quantitative estimate of drug-likeness (QED) is 0.741. The summed E-state index contributed by atoms with van der Waals surface area (Å²) in [5.74, 6) is -0.290. The van der Waals surface area contributed by atoms with Gasteiger partial charge in [-0.25, -0.2) is 4.79 Å². The van der Waals surface area contributed by atoms with Gasteiger partial charge in [-0.1, -0.05) is 18.2 Å². The number of benzene rings is 1. The Kier molecular flexibility index (Phi) is 7.28. The summed E-state index contributed by atoms with van der Waals surface area (Å²) in [6.07, 6.45) is 0.961. The minimum absolute atomic E-state index is 0.0562. The number of para-hydroxylation sites is 1. The van der Waals surface area contributed by atoms with Gasteiger partial charge in [0.2, 0.25) is 5.91 Å². The van der Waals surface area contributed by atoms with Crippen LogP contribution in [-0.4, -0.2) is 72.0 Å². The number of methoxy groups -OCH3 is 1. The van der Waals surface area contributed by atoms with E-state index in [1.807, 2.05) is 52.0 Å². The number of ether oxygens (including phenoxy) is 1. The molecule has 0 aliphatic carbocycles. The van der Waals surface area contributed by atoms with Crippen LogP contribution in [-0.2, 0) is 16.1 Å². The predicted molar refractivity (Wildman–Crippen MR) is 122 cm³/mol. The normalized spacial score (nSPS) is 16.2. The number of fused-ring (bicyclic) bond motifs is 1. The van der Waals surface area contributed by atoms with Crippen LogP contribution in [0.15, 0.2) is 24.3 Å². The Morgan fingerprint density at radius 3 is 2.48 bits per heavy atom. The Morgan fingerprint density at radius 2 is 1.77 bits per heavy atom. The van der Waals surface area contributed by atoms with E-state index in [0.717, 1.165) is 54.8 Å². The van der Waals surface area contributed by atoms with Gasteiger partial charge in [-0.05, 0) is 58.8 Å². The van der Waals surface area contributed by atoms with Gasteiger partial charge in [0, 0.05) is 30.6 Å². The number of hydrogen-bond acceptors (Lipinski definition) is 6. The smallest absolute Gasteiger partial charge is 0.340 e. The fourth-order valence-electron chi connectivity index (χ4n) is 4.14. The van der Waals surface area contributed by atoms with Gasteiger partial charge in [0.15, 0.2) is 0 Å². The average Bonchev–Trinajstić information content (AvgIpc) is 2.91. The molecule has 0 unspecified atom stereocenters. The average molecular weight is 427 g/mol. The lowest BCUT2D eigenvalue weighted by Gasteiger charge is -2.25. The fourth-order valence-corrected chi connectivity index (χ4v) is 4.14. The van der Waals surface area contributed by atoms with Crippen LogP contribution in [0.4, 0.5) is 0 Å². The number of carbonyl (C=O) groups is 2. The molecular formula is C24H34N4O3. The summed E-state index contributed by atoms with van der Waals surface area (Å²) in [6.45, 7) is 12.3. The molecule has 168 valence electrons. The number of aryl methyl sites for hydroxylation is 1.